The predicted molar refractivity (Wildman–Crippen MR) is 95.0 cm³/mol. The molecule has 2 saturated heterocycles. The van der Waals surface area contributed by atoms with E-state index in [1.54, 1.807) is 44.2 Å². The van der Waals surface area contributed by atoms with E-state index in [4.69, 9.17) is 18.9 Å². The first-order chi connectivity index (χ1) is 13.3. The van der Waals surface area contributed by atoms with Gasteiger partial charge < -0.3 is 23.7 Å². The van der Waals surface area contributed by atoms with Gasteiger partial charge >= 0.3 is 11.9 Å². The van der Waals surface area contributed by atoms with Crippen molar-refractivity contribution >= 4 is 11.9 Å². The summed E-state index contributed by atoms with van der Waals surface area (Å²) in [7, 11) is 1.26. The third-order valence-electron chi connectivity index (χ3n) is 4.83. The van der Waals surface area contributed by atoms with E-state index in [0.717, 1.165) is 0 Å². The van der Waals surface area contributed by atoms with Crippen LogP contribution in [0.4, 0.5) is 0 Å². The van der Waals surface area contributed by atoms with Crippen LogP contribution in [0.3, 0.4) is 0 Å². The molecule has 0 amide bonds. The Morgan fingerprint density at radius 2 is 2.04 bits per heavy atom. The quantitative estimate of drug-likeness (QED) is 0.679. The highest BCUT2D eigenvalue weighted by Crippen LogP contribution is 2.45. The zero-order valence-electron chi connectivity index (χ0n) is 16.0. The lowest BCUT2D eigenvalue weighted by atomic mass is 9.89. The minimum atomic E-state index is -1.05. The Kier molecular flexibility index (Phi) is 5.70. The molecule has 3 rings (SSSR count). The lowest BCUT2D eigenvalue weighted by Gasteiger charge is -2.26. The third kappa shape index (κ3) is 4.02. The van der Waals surface area contributed by atoms with Crippen LogP contribution in [0, 0.1) is 17.2 Å². The number of nitrogens with zero attached hydrogens (tertiary/aromatic N) is 1. The fraction of sp³-hybridized carbons (Fsp3) is 0.550. The number of hydrogen-bond acceptors (Lipinski definition) is 8. The summed E-state index contributed by atoms with van der Waals surface area (Å²) in [4.78, 5) is 24.0. The lowest BCUT2D eigenvalue weighted by molar-refractivity contribution is -0.197. The van der Waals surface area contributed by atoms with Gasteiger partial charge in [0.15, 0.2) is 11.4 Å². The molecule has 0 saturated carbocycles. The summed E-state index contributed by atoms with van der Waals surface area (Å²) in [5, 5.41) is 9.51. The fourth-order valence-electron chi connectivity index (χ4n) is 3.61. The molecule has 0 aliphatic carbocycles. The molecule has 2 aliphatic rings. The molecule has 0 bridgehead atoms. The summed E-state index contributed by atoms with van der Waals surface area (Å²) in [6, 6.07) is 10.7. The third-order valence-corrected chi connectivity index (χ3v) is 4.83. The fourth-order valence-corrected chi connectivity index (χ4v) is 3.61. The molecular weight excluding hydrogens is 366 g/mol. The molecule has 150 valence electrons. The highest BCUT2D eigenvalue weighted by Gasteiger charge is 2.63. The van der Waals surface area contributed by atoms with Crippen LogP contribution in [0.5, 0.6) is 0 Å². The second-order valence-corrected chi connectivity index (χ2v) is 7.34. The number of nitriles is 1. The van der Waals surface area contributed by atoms with Crippen molar-refractivity contribution in [2.75, 3.05) is 20.3 Å². The molecule has 8 nitrogen and oxygen atoms in total. The Bertz CT molecular complexity index is 773. The summed E-state index contributed by atoms with van der Waals surface area (Å²) in [6.45, 7) is 3.46. The topological polar surface area (TPSA) is 104 Å². The molecule has 2 heterocycles. The monoisotopic (exact) mass is 389 g/mol. The van der Waals surface area contributed by atoms with Gasteiger partial charge in [-0.2, -0.15) is 5.26 Å². The lowest BCUT2D eigenvalue weighted by Crippen LogP contribution is -2.47. The van der Waals surface area contributed by atoms with Gasteiger partial charge in [0.2, 0.25) is 0 Å². The molecule has 1 aromatic rings. The first-order valence-electron chi connectivity index (χ1n) is 8.98. The van der Waals surface area contributed by atoms with Gasteiger partial charge in [0.25, 0.3) is 0 Å². The van der Waals surface area contributed by atoms with Crippen molar-refractivity contribution in [3.63, 3.8) is 0 Å². The average Bonchev–Trinajstić information content (AvgIpc) is 3.15. The van der Waals surface area contributed by atoms with Gasteiger partial charge in [0.05, 0.1) is 37.7 Å². The summed E-state index contributed by atoms with van der Waals surface area (Å²) >= 11 is 0. The van der Waals surface area contributed by atoms with Crippen LogP contribution >= 0.6 is 0 Å². The number of methoxy groups -OCH3 is 1. The van der Waals surface area contributed by atoms with Gasteiger partial charge in [0.1, 0.15) is 18.8 Å². The number of rotatable bonds is 6. The number of carbonyl (C=O) groups is 2. The Labute approximate surface area is 163 Å². The summed E-state index contributed by atoms with van der Waals surface area (Å²) in [5.41, 5.74) is -0.631. The van der Waals surface area contributed by atoms with Gasteiger partial charge in [-0.1, -0.05) is 18.2 Å². The zero-order chi connectivity index (χ0) is 20.4. The van der Waals surface area contributed by atoms with Crippen molar-refractivity contribution < 1.29 is 33.3 Å². The minimum Gasteiger partial charge on any atom is -0.469 e. The second-order valence-electron chi connectivity index (χ2n) is 7.34. The number of hydrogen-bond donors (Lipinski definition) is 0. The molecule has 4 atom stereocenters. The summed E-state index contributed by atoms with van der Waals surface area (Å²) < 4.78 is 28.0. The second kappa shape index (κ2) is 7.87. The molecule has 1 unspecified atom stereocenters. The van der Waals surface area contributed by atoms with Gasteiger partial charge in [0, 0.05) is 0 Å². The highest BCUT2D eigenvalue weighted by molar-refractivity contribution is 5.89. The summed E-state index contributed by atoms with van der Waals surface area (Å²) in [5.74, 6) is -2.73. The van der Waals surface area contributed by atoms with Crippen LogP contribution in [0.2, 0.25) is 0 Å². The van der Waals surface area contributed by atoms with Crippen molar-refractivity contribution in [1.29, 1.82) is 5.26 Å². The maximum Gasteiger partial charge on any atom is 0.338 e. The van der Waals surface area contributed by atoms with Crippen LogP contribution in [0.25, 0.3) is 0 Å². The molecule has 0 spiro atoms. The minimum absolute atomic E-state index is 0.0766. The Hall–Kier alpha value is -2.47. The number of fused-ring (bicyclic) bond motifs is 1. The Balaban J connectivity index is 1.76. The van der Waals surface area contributed by atoms with Crippen molar-refractivity contribution in [2.24, 2.45) is 5.92 Å². The molecule has 2 fully saturated rings. The van der Waals surface area contributed by atoms with Crippen LogP contribution in [-0.2, 0) is 28.5 Å². The van der Waals surface area contributed by atoms with Crippen LogP contribution in [0.15, 0.2) is 30.3 Å². The molecule has 1 aromatic carbocycles. The largest absolute Gasteiger partial charge is 0.469 e. The maximum atomic E-state index is 12.3. The van der Waals surface area contributed by atoms with E-state index in [9.17, 15) is 14.9 Å². The molecule has 2 aliphatic heterocycles. The molecule has 28 heavy (non-hydrogen) atoms. The first kappa shape index (κ1) is 20.3. The van der Waals surface area contributed by atoms with E-state index in [1.807, 2.05) is 0 Å². The van der Waals surface area contributed by atoms with E-state index in [-0.39, 0.29) is 19.6 Å². The van der Waals surface area contributed by atoms with E-state index in [0.29, 0.717) is 5.56 Å². The van der Waals surface area contributed by atoms with E-state index in [1.165, 1.54) is 7.11 Å². The number of benzene rings is 1. The van der Waals surface area contributed by atoms with Crippen LogP contribution in [-0.4, -0.2) is 55.9 Å². The van der Waals surface area contributed by atoms with E-state index >= 15 is 0 Å². The maximum absolute atomic E-state index is 12.3. The van der Waals surface area contributed by atoms with Crippen molar-refractivity contribution in [1.82, 2.24) is 0 Å². The standard InChI is InChI=1S/C20H23NO7/c1-19(2)27-17-16(14(10-21)9-15(22)24-3)25-11-20(17,28-19)12-26-18(23)13-7-5-4-6-8-13/h4-8,14,16-17H,9,11-12H2,1-3H3/t14?,16-,17-,20-/m0/s1. The highest BCUT2D eigenvalue weighted by atomic mass is 16.8. The number of ether oxygens (including phenoxy) is 5. The molecule has 0 aromatic heterocycles. The molecule has 8 heteroatoms. The van der Waals surface area contributed by atoms with E-state index < -0.39 is 41.5 Å². The normalized spacial score (nSPS) is 28.8. The Morgan fingerprint density at radius 1 is 1.32 bits per heavy atom. The first-order valence-corrected chi connectivity index (χ1v) is 8.98. The zero-order valence-corrected chi connectivity index (χ0v) is 16.0. The van der Waals surface area contributed by atoms with Gasteiger partial charge in [-0.15, -0.1) is 0 Å². The van der Waals surface area contributed by atoms with Crippen LogP contribution in [0.1, 0.15) is 30.6 Å². The van der Waals surface area contributed by atoms with Gasteiger partial charge in [-0.3, -0.25) is 4.79 Å². The Morgan fingerprint density at radius 3 is 2.68 bits per heavy atom. The predicted octanol–water partition coefficient (Wildman–Crippen LogP) is 1.84. The van der Waals surface area contributed by atoms with Crippen molar-refractivity contribution in [3.8, 4) is 6.07 Å². The van der Waals surface area contributed by atoms with Crippen molar-refractivity contribution in [2.45, 2.75) is 43.9 Å². The van der Waals surface area contributed by atoms with Crippen LogP contribution < -0.4 is 0 Å². The van der Waals surface area contributed by atoms with E-state index in [2.05, 4.69) is 10.8 Å². The average molecular weight is 389 g/mol. The van der Waals surface area contributed by atoms with Gasteiger partial charge in [-0.05, 0) is 26.0 Å². The summed E-state index contributed by atoms with van der Waals surface area (Å²) in [6.07, 6.45) is -1.50. The molecular formula is C20H23NO7. The molecule has 0 N–H and O–H groups in total. The van der Waals surface area contributed by atoms with Crippen molar-refractivity contribution in [3.05, 3.63) is 35.9 Å². The smallest absolute Gasteiger partial charge is 0.338 e. The van der Waals surface area contributed by atoms with Gasteiger partial charge in [-0.25, -0.2) is 4.79 Å². The number of esters is 2. The molecule has 0 radical (unpaired) electrons. The SMILES string of the molecule is COC(=O)CC(C#N)[C@@H]1OC[C@@]2(COC(=O)c3ccccc3)OC(C)(C)O[C@@H]12. The number of carbonyl (C=O) groups excluding carboxylic acids is 2.